The number of carbonyl (C=O) groups is 1. The molecule has 1 heterocycles. The van der Waals surface area contributed by atoms with E-state index in [0.717, 1.165) is 25.9 Å². The Hall–Kier alpha value is -1.56. The van der Waals surface area contributed by atoms with Crippen molar-refractivity contribution in [3.63, 3.8) is 0 Å². The van der Waals surface area contributed by atoms with E-state index in [1.807, 2.05) is 0 Å². The zero-order valence-corrected chi connectivity index (χ0v) is 11.4. The van der Waals surface area contributed by atoms with Gasteiger partial charge >= 0.3 is 0 Å². The Bertz CT molecular complexity index is 464. The van der Waals surface area contributed by atoms with E-state index in [9.17, 15) is 9.18 Å². The van der Waals surface area contributed by atoms with Crippen molar-refractivity contribution < 1.29 is 19.0 Å². The SMILES string of the molecule is O=C(O)Bc1ccc(OCCCC2CCNC2)c(F)c1. The van der Waals surface area contributed by atoms with Crippen molar-refractivity contribution in [2.45, 2.75) is 19.3 Å². The van der Waals surface area contributed by atoms with Gasteiger partial charge in [0, 0.05) is 0 Å². The number of halogens is 1. The van der Waals surface area contributed by atoms with Crippen molar-refractivity contribution in [3.05, 3.63) is 24.0 Å². The molecule has 2 rings (SSSR count). The van der Waals surface area contributed by atoms with Crippen molar-refractivity contribution in [2.24, 2.45) is 5.92 Å². The highest BCUT2D eigenvalue weighted by molar-refractivity contribution is 6.82. The first-order valence-electron chi connectivity index (χ1n) is 6.99. The van der Waals surface area contributed by atoms with E-state index in [4.69, 9.17) is 9.84 Å². The molecule has 1 fully saturated rings. The van der Waals surface area contributed by atoms with Crippen LogP contribution < -0.4 is 15.5 Å². The fourth-order valence-corrected chi connectivity index (χ4v) is 2.46. The van der Waals surface area contributed by atoms with Crippen molar-refractivity contribution in [1.29, 1.82) is 0 Å². The van der Waals surface area contributed by atoms with Crippen molar-refractivity contribution in [1.82, 2.24) is 5.32 Å². The summed E-state index contributed by atoms with van der Waals surface area (Å²) in [5.74, 6) is -0.556. The van der Waals surface area contributed by atoms with Gasteiger partial charge in [0.05, 0.1) is 6.61 Å². The largest absolute Gasteiger partial charge is 0.491 e. The Morgan fingerprint density at radius 1 is 1.55 bits per heavy atom. The van der Waals surface area contributed by atoms with Gasteiger partial charge in [-0.2, -0.15) is 0 Å². The molecule has 0 aliphatic carbocycles. The minimum atomic E-state index is -0.969. The van der Waals surface area contributed by atoms with Gasteiger partial charge in [-0.1, -0.05) is 11.5 Å². The average molecular weight is 279 g/mol. The molecule has 0 spiro atoms. The third kappa shape index (κ3) is 4.52. The molecule has 108 valence electrons. The van der Waals surface area contributed by atoms with Gasteiger partial charge in [0.2, 0.25) is 0 Å². The lowest BCUT2D eigenvalue weighted by atomic mass is 9.71. The third-order valence-corrected chi connectivity index (χ3v) is 3.53. The summed E-state index contributed by atoms with van der Waals surface area (Å²) in [6.45, 7) is 2.65. The topological polar surface area (TPSA) is 58.6 Å². The maximum absolute atomic E-state index is 13.7. The van der Waals surface area contributed by atoms with Crippen LogP contribution in [0.25, 0.3) is 0 Å². The van der Waals surface area contributed by atoms with Crippen LogP contribution in [0, 0.1) is 11.7 Å². The molecule has 1 aliphatic rings. The Kier molecular flexibility index (Phi) is 5.41. The number of benzene rings is 1. The van der Waals surface area contributed by atoms with E-state index >= 15 is 0 Å². The van der Waals surface area contributed by atoms with E-state index in [-0.39, 0.29) is 13.0 Å². The zero-order chi connectivity index (χ0) is 14.4. The number of nitrogens with one attached hydrogen (secondary N) is 1. The average Bonchev–Trinajstić information content (AvgIpc) is 2.89. The molecule has 0 radical (unpaired) electrons. The summed E-state index contributed by atoms with van der Waals surface area (Å²) in [5, 5.41) is 12.0. The number of carboxylic acid groups (broad SMARTS) is 1. The molecule has 1 aromatic rings. The number of hydrogen-bond donors (Lipinski definition) is 2. The van der Waals surface area contributed by atoms with Crippen LogP contribution in [0.5, 0.6) is 5.75 Å². The molecular formula is C14H19BFNO3. The lowest BCUT2D eigenvalue weighted by molar-refractivity contribution is 0.220. The van der Waals surface area contributed by atoms with Gasteiger partial charge < -0.3 is 15.2 Å². The molecule has 6 heteroatoms. The quantitative estimate of drug-likeness (QED) is 0.584. The van der Waals surface area contributed by atoms with E-state index < -0.39 is 11.7 Å². The fourth-order valence-electron chi connectivity index (χ4n) is 2.46. The van der Waals surface area contributed by atoms with Gasteiger partial charge in [0.25, 0.3) is 13.1 Å². The van der Waals surface area contributed by atoms with Crippen LogP contribution >= 0.6 is 0 Å². The molecule has 1 unspecified atom stereocenters. The summed E-state index contributed by atoms with van der Waals surface area (Å²) in [6, 6.07) is 4.32. The second kappa shape index (κ2) is 7.29. The van der Waals surface area contributed by atoms with Crippen LogP contribution in [0.4, 0.5) is 9.18 Å². The molecule has 4 nitrogen and oxygen atoms in total. The molecule has 1 aliphatic heterocycles. The van der Waals surface area contributed by atoms with Crippen LogP contribution in [0.2, 0.25) is 0 Å². The van der Waals surface area contributed by atoms with E-state index in [0.29, 0.717) is 18.0 Å². The Morgan fingerprint density at radius 3 is 3.05 bits per heavy atom. The second-order valence-corrected chi connectivity index (χ2v) is 5.18. The standard InChI is InChI=1S/C14H19BFNO3/c16-12-8-11(15-14(18)19)3-4-13(12)20-7-1-2-10-5-6-17-9-10/h3-4,8,10,15,17H,1-2,5-7,9H2,(H,18,19). The minimum Gasteiger partial charge on any atom is -0.491 e. The molecule has 1 aromatic carbocycles. The zero-order valence-electron chi connectivity index (χ0n) is 11.4. The molecule has 0 saturated carbocycles. The van der Waals surface area contributed by atoms with Crippen LogP contribution in [0.15, 0.2) is 18.2 Å². The van der Waals surface area contributed by atoms with Crippen molar-refractivity contribution in [2.75, 3.05) is 19.7 Å². The van der Waals surface area contributed by atoms with Crippen LogP contribution in [0.1, 0.15) is 19.3 Å². The molecular weight excluding hydrogens is 260 g/mol. The van der Waals surface area contributed by atoms with Crippen LogP contribution in [-0.4, -0.2) is 38.0 Å². The van der Waals surface area contributed by atoms with Gasteiger partial charge in [-0.05, 0) is 50.4 Å². The Labute approximate surface area is 118 Å². The highest BCUT2D eigenvalue weighted by Crippen LogP contribution is 2.17. The molecule has 0 amide bonds. The first-order chi connectivity index (χ1) is 9.65. The third-order valence-electron chi connectivity index (χ3n) is 3.53. The van der Waals surface area contributed by atoms with Crippen molar-refractivity contribution in [3.8, 4) is 5.75 Å². The van der Waals surface area contributed by atoms with Gasteiger partial charge in [0.1, 0.15) is 0 Å². The maximum atomic E-state index is 13.7. The van der Waals surface area contributed by atoms with Gasteiger partial charge in [0.15, 0.2) is 11.6 Å². The van der Waals surface area contributed by atoms with Crippen molar-refractivity contribution >= 4 is 18.6 Å². The predicted molar refractivity (Wildman–Crippen MR) is 76.9 cm³/mol. The highest BCUT2D eigenvalue weighted by atomic mass is 19.1. The number of ether oxygens (including phenoxy) is 1. The number of hydrogen-bond acceptors (Lipinski definition) is 3. The maximum Gasteiger partial charge on any atom is 0.293 e. The molecule has 1 atom stereocenters. The first-order valence-corrected chi connectivity index (χ1v) is 6.99. The fraction of sp³-hybridized carbons (Fsp3) is 0.500. The van der Waals surface area contributed by atoms with E-state index in [1.54, 1.807) is 6.07 Å². The van der Waals surface area contributed by atoms with Gasteiger partial charge in [-0.3, -0.25) is 4.79 Å². The number of rotatable bonds is 7. The lowest BCUT2D eigenvalue weighted by Gasteiger charge is -2.10. The Balaban J connectivity index is 1.76. The normalized spacial score (nSPS) is 17.9. The molecule has 0 aromatic heterocycles. The van der Waals surface area contributed by atoms with Crippen LogP contribution in [0.3, 0.4) is 0 Å². The van der Waals surface area contributed by atoms with Gasteiger partial charge in [-0.15, -0.1) is 0 Å². The molecule has 0 bridgehead atoms. The summed E-state index contributed by atoms with van der Waals surface area (Å²) < 4.78 is 19.1. The molecule has 1 saturated heterocycles. The first kappa shape index (κ1) is 14.8. The smallest absolute Gasteiger partial charge is 0.293 e. The predicted octanol–water partition coefficient (Wildman–Crippen LogP) is 1.33. The summed E-state index contributed by atoms with van der Waals surface area (Å²) in [4.78, 5) is 10.5. The summed E-state index contributed by atoms with van der Waals surface area (Å²) in [5.41, 5.74) is 0.444. The van der Waals surface area contributed by atoms with E-state index in [2.05, 4.69) is 5.32 Å². The summed E-state index contributed by atoms with van der Waals surface area (Å²) in [7, 11) is -0.175. The Morgan fingerprint density at radius 2 is 2.40 bits per heavy atom. The highest BCUT2D eigenvalue weighted by Gasteiger charge is 2.14. The van der Waals surface area contributed by atoms with E-state index in [1.165, 1.54) is 18.6 Å². The summed E-state index contributed by atoms with van der Waals surface area (Å²) in [6.07, 6.45) is 3.20. The monoisotopic (exact) mass is 279 g/mol. The van der Waals surface area contributed by atoms with Gasteiger partial charge in [-0.25, -0.2) is 4.39 Å². The molecule has 20 heavy (non-hydrogen) atoms. The second-order valence-electron chi connectivity index (χ2n) is 5.18. The minimum absolute atomic E-state index is 0.175. The molecule has 2 N–H and O–H groups in total. The lowest BCUT2D eigenvalue weighted by Crippen LogP contribution is -2.22. The van der Waals surface area contributed by atoms with Crippen LogP contribution in [-0.2, 0) is 0 Å². The summed E-state index contributed by atoms with van der Waals surface area (Å²) >= 11 is 0.